The predicted molar refractivity (Wildman–Crippen MR) is 74.1 cm³/mol. The van der Waals surface area contributed by atoms with Crippen molar-refractivity contribution in [2.24, 2.45) is 0 Å². The first-order valence-electron chi connectivity index (χ1n) is 7.08. The Morgan fingerprint density at radius 2 is 1.85 bits per heavy atom. The molecular weight excluding hydrogens is 366 g/mol. The van der Waals surface area contributed by atoms with Crippen LogP contribution in [0, 0.1) is 17.1 Å². The monoisotopic (exact) mass is 374 g/mol. The highest BCUT2D eigenvalue weighted by Crippen LogP contribution is 2.51. The number of hydrogen-bond acceptors (Lipinski definition) is 4. The fraction of sp³-hybridized carbons (Fsp3) is 0.250. The molecule has 1 heterocycles. The van der Waals surface area contributed by atoms with Gasteiger partial charge in [0, 0.05) is 17.8 Å². The molecule has 10 heteroatoms. The minimum absolute atomic E-state index is 0.163. The van der Waals surface area contributed by atoms with Gasteiger partial charge in [0.05, 0.1) is 22.8 Å². The summed E-state index contributed by atoms with van der Waals surface area (Å²) in [4.78, 5) is 3.35. The van der Waals surface area contributed by atoms with Crippen molar-refractivity contribution in [2.75, 3.05) is 0 Å². The van der Waals surface area contributed by atoms with Gasteiger partial charge in [0.25, 0.3) is 0 Å². The van der Waals surface area contributed by atoms with E-state index < -0.39 is 53.0 Å². The Morgan fingerprint density at radius 1 is 1.15 bits per heavy atom. The first kappa shape index (κ1) is 18.0. The third kappa shape index (κ3) is 2.94. The van der Waals surface area contributed by atoms with Crippen molar-refractivity contribution in [2.45, 2.75) is 24.6 Å². The van der Waals surface area contributed by atoms with Crippen molar-refractivity contribution < 1.29 is 36.2 Å². The van der Waals surface area contributed by atoms with Crippen molar-refractivity contribution in [1.82, 2.24) is 4.98 Å². The van der Waals surface area contributed by atoms with Crippen LogP contribution in [0.2, 0.25) is 0 Å². The molecule has 136 valence electrons. The van der Waals surface area contributed by atoms with Crippen molar-refractivity contribution in [3.8, 4) is 17.7 Å². The van der Waals surface area contributed by atoms with E-state index in [2.05, 4.69) is 4.98 Å². The lowest BCUT2D eigenvalue weighted by atomic mass is 10.0. The molecule has 0 fully saturated rings. The number of benzene rings is 1. The largest absolute Gasteiger partial charge is 0.438 e. The smallest absolute Gasteiger partial charge is 0.418 e. The highest BCUT2D eigenvalue weighted by atomic mass is 19.4. The Bertz CT molecular complexity index is 909. The molecule has 0 saturated carbocycles. The molecule has 1 N–H and O–H groups in total. The number of fused-ring (bicyclic) bond motifs is 1. The fourth-order valence-corrected chi connectivity index (χ4v) is 2.69. The van der Waals surface area contributed by atoms with E-state index in [9.17, 15) is 31.4 Å². The summed E-state index contributed by atoms with van der Waals surface area (Å²) >= 11 is 0. The molecule has 1 aliphatic rings. The summed E-state index contributed by atoms with van der Waals surface area (Å²) in [6.45, 7) is 0. The molecule has 3 atom stereocenters. The Morgan fingerprint density at radius 3 is 2.46 bits per heavy atom. The Labute approximate surface area is 142 Å². The van der Waals surface area contributed by atoms with Gasteiger partial charge in [-0.05, 0) is 12.1 Å². The number of hydrogen-bond donors (Lipinski definition) is 1. The zero-order chi connectivity index (χ0) is 19.2. The van der Waals surface area contributed by atoms with Crippen LogP contribution in [0.15, 0.2) is 24.4 Å². The highest BCUT2D eigenvalue weighted by Gasteiger charge is 2.49. The molecule has 26 heavy (non-hydrogen) atoms. The summed E-state index contributed by atoms with van der Waals surface area (Å²) in [6, 6.07) is 4.34. The van der Waals surface area contributed by atoms with E-state index in [4.69, 9.17) is 10.00 Å². The van der Waals surface area contributed by atoms with Crippen LogP contribution in [0.5, 0.6) is 11.6 Å². The summed E-state index contributed by atoms with van der Waals surface area (Å²) in [6.07, 6.45) is -12.3. The minimum atomic E-state index is -5.01. The van der Waals surface area contributed by atoms with Gasteiger partial charge >= 0.3 is 6.18 Å². The van der Waals surface area contributed by atoms with Crippen LogP contribution in [-0.2, 0) is 6.18 Å². The third-order valence-corrected chi connectivity index (χ3v) is 3.79. The molecule has 3 rings (SSSR count). The van der Waals surface area contributed by atoms with E-state index in [0.717, 1.165) is 18.2 Å². The molecule has 4 nitrogen and oxygen atoms in total. The number of pyridine rings is 1. The summed E-state index contributed by atoms with van der Waals surface area (Å²) in [5.74, 6) is -1.99. The Balaban J connectivity index is 2.14. The van der Waals surface area contributed by atoms with Gasteiger partial charge in [-0.2, -0.15) is 18.4 Å². The fourth-order valence-electron chi connectivity index (χ4n) is 2.69. The molecule has 2 aromatic rings. The van der Waals surface area contributed by atoms with Crippen molar-refractivity contribution in [3.63, 3.8) is 0 Å². The first-order valence-corrected chi connectivity index (χ1v) is 7.08. The number of aliphatic hydroxyl groups excluding tert-OH is 1. The molecule has 0 unspecified atom stereocenters. The van der Waals surface area contributed by atoms with E-state index in [1.54, 1.807) is 6.07 Å². The number of ether oxygens (including phenoxy) is 1. The lowest BCUT2D eigenvalue weighted by Gasteiger charge is -2.16. The van der Waals surface area contributed by atoms with Crippen molar-refractivity contribution >= 4 is 0 Å². The maximum atomic E-state index is 14.2. The second kappa shape index (κ2) is 6.17. The minimum Gasteiger partial charge on any atom is -0.438 e. The normalized spacial score (nSPS) is 22.0. The molecule has 0 radical (unpaired) electrons. The summed E-state index contributed by atoms with van der Waals surface area (Å²) in [5, 5.41) is 18.5. The van der Waals surface area contributed by atoms with Gasteiger partial charge in [0.1, 0.15) is 17.7 Å². The Hall–Kier alpha value is -2.80. The molecule has 0 aliphatic heterocycles. The highest BCUT2D eigenvalue weighted by molar-refractivity contribution is 5.50. The molecule has 1 aliphatic carbocycles. The van der Waals surface area contributed by atoms with Crippen LogP contribution in [0.3, 0.4) is 0 Å². The van der Waals surface area contributed by atoms with Gasteiger partial charge in [-0.3, -0.25) is 0 Å². The van der Waals surface area contributed by atoms with Crippen LogP contribution in [0.4, 0.5) is 26.3 Å². The maximum absolute atomic E-state index is 14.2. The number of alkyl halides is 5. The zero-order valence-electron chi connectivity index (χ0n) is 12.6. The number of aromatic nitrogens is 1. The molecule has 0 spiro atoms. The average Bonchev–Trinajstić information content (AvgIpc) is 2.79. The van der Waals surface area contributed by atoms with E-state index in [1.165, 1.54) is 0 Å². The van der Waals surface area contributed by atoms with E-state index in [0.29, 0.717) is 0 Å². The second-order valence-electron chi connectivity index (χ2n) is 5.48. The summed E-state index contributed by atoms with van der Waals surface area (Å²) in [5.41, 5.74) is -3.57. The van der Waals surface area contributed by atoms with Crippen LogP contribution in [0.25, 0.3) is 0 Å². The first-order chi connectivity index (χ1) is 12.1. The van der Waals surface area contributed by atoms with Crippen LogP contribution in [0.1, 0.15) is 34.5 Å². The van der Waals surface area contributed by atoms with Gasteiger partial charge in [0.2, 0.25) is 5.88 Å². The van der Waals surface area contributed by atoms with Crippen LogP contribution < -0.4 is 4.74 Å². The quantitative estimate of drug-likeness (QED) is 0.796. The predicted octanol–water partition coefficient (Wildman–Crippen LogP) is 4.30. The molecule has 1 aromatic heterocycles. The molecule has 0 amide bonds. The maximum Gasteiger partial charge on any atom is 0.418 e. The van der Waals surface area contributed by atoms with Gasteiger partial charge in [-0.1, -0.05) is 0 Å². The topological polar surface area (TPSA) is 66.1 Å². The number of aliphatic hydroxyl groups is 1. The van der Waals surface area contributed by atoms with Crippen LogP contribution in [-0.4, -0.2) is 16.3 Å². The van der Waals surface area contributed by atoms with E-state index in [1.807, 2.05) is 0 Å². The van der Waals surface area contributed by atoms with Gasteiger partial charge in [-0.15, -0.1) is 0 Å². The standard InChI is InChI=1S/C16H8F6N2O2/c17-7-1-6(4-23)2-8(3-7)26-15-11-10(14(25)13(19)12(11)18)9(5-24-15)16(20,21)22/h1-3,5,12-14,25H/t12-,13-,14+/m1/s1. The van der Waals surface area contributed by atoms with E-state index >= 15 is 0 Å². The SMILES string of the molecule is N#Cc1cc(F)cc(Oc2ncc(C(F)(F)F)c3c2[C@@H](F)[C@@H](F)[C@H]3O)c1. The average molecular weight is 374 g/mol. The second-order valence-corrected chi connectivity index (χ2v) is 5.48. The van der Waals surface area contributed by atoms with E-state index in [-0.39, 0.29) is 17.5 Å². The van der Waals surface area contributed by atoms with Crippen molar-refractivity contribution in [3.05, 3.63) is 52.5 Å². The van der Waals surface area contributed by atoms with Gasteiger partial charge in [0.15, 0.2) is 12.3 Å². The number of rotatable bonds is 2. The molecule has 0 bridgehead atoms. The lowest BCUT2D eigenvalue weighted by Crippen LogP contribution is -2.14. The zero-order valence-corrected chi connectivity index (χ0v) is 12.6. The summed E-state index contributed by atoms with van der Waals surface area (Å²) < 4.78 is 85.7. The van der Waals surface area contributed by atoms with Crippen LogP contribution >= 0.6 is 0 Å². The van der Waals surface area contributed by atoms with Crippen molar-refractivity contribution in [1.29, 1.82) is 5.26 Å². The van der Waals surface area contributed by atoms with Gasteiger partial charge in [-0.25, -0.2) is 18.2 Å². The summed E-state index contributed by atoms with van der Waals surface area (Å²) in [7, 11) is 0. The molecular formula is C16H8F6N2O2. The third-order valence-electron chi connectivity index (χ3n) is 3.79. The van der Waals surface area contributed by atoms with Gasteiger partial charge < -0.3 is 9.84 Å². The Kier molecular flexibility index (Phi) is 4.28. The number of nitriles is 1. The number of halogens is 6. The molecule has 1 aromatic carbocycles. The number of nitrogens with zero attached hydrogens (tertiary/aromatic N) is 2. The molecule has 0 saturated heterocycles. The lowest BCUT2D eigenvalue weighted by molar-refractivity contribution is -0.139.